The Morgan fingerprint density at radius 1 is 1.56 bits per heavy atom. The highest BCUT2D eigenvalue weighted by atomic mass is 79.9. The normalized spacial score (nSPS) is 18.1. The predicted molar refractivity (Wildman–Crippen MR) is 62.3 cm³/mol. The molecule has 1 unspecified atom stereocenters. The summed E-state index contributed by atoms with van der Waals surface area (Å²) < 4.78 is 5.89. The standard InChI is InChI=1S/C12H9BrO3/c1-2-11(14)16-10-6-7-5-8(13)3-4-9(7)12(10)15/h2-5,10H,1,6H2. The number of ether oxygens (including phenoxy) is 1. The average molecular weight is 281 g/mol. The van der Waals surface area contributed by atoms with E-state index in [1.165, 1.54) is 0 Å². The number of carbonyl (C=O) groups is 2. The van der Waals surface area contributed by atoms with E-state index < -0.39 is 12.1 Å². The van der Waals surface area contributed by atoms with E-state index in [0.717, 1.165) is 16.1 Å². The van der Waals surface area contributed by atoms with Crippen LogP contribution < -0.4 is 0 Å². The number of Topliss-reactive ketones (excluding diaryl/α,β-unsaturated/α-hetero) is 1. The van der Waals surface area contributed by atoms with Crippen molar-refractivity contribution in [2.45, 2.75) is 12.5 Å². The lowest BCUT2D eigenvalue weighted by molar-refractivity contribution is -0.140. The highest BCUT2D eigenvalue weighted by Gasteiger charge is 2.32. The molecule has 1 atom stereocenters. The highest BCUT2D eigenvalue weighted by molar-refractivity contribution is 9.10. The van der Waals surface area contributed by atoms with E-state index in [0.29, 0.717) is 12.0 Å². The molecule has 0 fully saturated rings. The number of rotatable bonds is 2. The Hall–Kier alpha value is -1.42. The molecule has 0 radical (unpaired) electrons. The Balaban J connectivity index is 2.24. The Kier molecular flexibility index (Phi) is 2.92. The molecule has 3 nitrogen and oxygen atoms in total. The molecule has 1 aliphatic carbocycles. The summed E-state index contributed by atoms with van der Waals surface area (Å²) >= 11 is 3.33. The van der Waals surface area contributed by atoms with Gasteiger partial charge < -0.3 is 4.74 Å². The van der Waals surface area contributed by atoms with Gasteiger partial charge in [0.05, 0.1) is 0 Å². The predicted octanol–water partition coefficient (Wildman–Crippen LogP) is 2.29. The van der Waals surface area contributed by atoms with Gasteiger partial charge in [-0.3, -0.25) is 4.79 Å². The molecule has 0 aliphatic heterocycles. The topological polar surface area (TPSA) is 43.4 Å². The summed E-state index contributed by atoms with van der Waals surface area (Å²) in [6.07, 6.45) is 0.800. The Morgan fingerprint density at radius 3 is 3.00 bits per heavy atom. The van der Waals surface area contributed by atoms with Crippen LogP contribution in [0.2, 0.25) is 0 Å². The van der Waals surface area contributed by atoms with Crippen LogP contribution in [0.4, 0.5) is 0 Å². The van der Waals surface area contributed by atoms with Crippen LogP contribution in [0.5, 0.6) is 0 Å². The zero-order valence-electron chi connectivity index (χ0n) is 8.40. The molecule has 1 aliphatic rings. The SMILES string of the molecule is C=CC(=O)OC1Cc2cc(Br)ccc2C1=O. The van der Waals surface area contributed by atoms with Crippen LogP contribution in [0, 0.1) is 0 Å². The number of hydrogen-bond donors (Lipinski definition) is 0. The third-order valence-electron chi connectivity index (χ3n) is 2.46. The fraction of sp³-hybridized carbons (Fsp3) is 0.167. The van der Waals surface area contributed by atoms with Gasteiger partial charge in [0.25, 0.3) is 0 Å². The summed E-state index contributed by atoms with van der Waals surface area (Å²) in [6, 6.07) is 5.41. The monoisotopic (exact) mass is 280 g/mol. The quantitative estimate of drug-likeness (QED) is 0.617. The van der Waals surface area contributed by atoms with Gasteiger partial charge in [0.2, 0.25) is 5.78 Å². The van der Waals surface area contributed by atoms with E-state index in [-0.39, 0.29) is 5.78 Å². The third kappa shape index (κ3) is 1.93. The number of hydrogen-bond acceptors (Lipinski definition) is 3. The van der Waals surface area contributed by atoms with Crippen molar-refractivity contribution < 1.29 is 14.3 Å². The summed E-state index contributed by atoms with van der Waals surface area (Å²) in [5.74, 6) is -0.706. The minimum absolute atomic E-state index is 0.141. The maximum atomic E-state index is 11.8. The molecule has 16 heavy (non-hydrogen) atoms. The van der Waals surface area contributed by atoms with Crippen molar-refractivity contribution in [3.8, 4) is 0 Å². The van der Waals surface area contributed by atoms with E-state index in [4.69, 9.17) is 4.74 Å². The number of carbonyl (C=O) groups excluding carboxylic acids is 2. The van der Waals surface area contributed by atoms with Crippen molar-refractivity contribution in [1.29, 1.82) is 0 Å². The van der Waals surface area contributed by atoms with Gasteiger partial charge in [0.15, 0.2) is 6.10 Å². The van der Waals surface area contributed by atoms with Crippen LogP contribution in [0.15, 0.2) is 35.3 Å². The number of halogens is 1. The fourth-order valence-electron chi connectivity index (χ4n) is 1.72. The lowest BCUT2D eigenvalue weighted by Crippen LogP contribution is -2.22. The summed E-state index contributed by atoms with van der Waals surface area (Å²) in [5, 5.41) is 0. The van der Waals surface area contributed by atoms with Gasteiger partial charge in [-0.05, 0) is 23.8 Å². The van der Waals surface area contributed by atoms with Gasteiger partial charge in [-0.1, -0.05) is 22.5 Å². The summed E-state index contributed by atoms with van der Waals surface area (Å²) in [7, 11) is 0. The first-order chi connectivity index (χ1) is 7.61. The molecule has 82 valence electrons. The fourth-order valence-corrected chi connectivity index (χ4v) is 2.13. The molecule has 1 aromatic rings. The molecule has 4 heteroatoms. The summed E-state index contributed by atoms with van der Waals surface area (Å²) in [5.41, 5.74) is 1.53. The van der Waals surface area contributed by atoms with Crippen molar-refractivity contribution in [3.63, 3.8) is 0 Å². The zero-order chi connectivity index (χ0) is 11.7. The molecule has 0 N–H and O–H groups in total. The minimum atomic E-state index is -0.699. The van der Waals surface area contributed by atoms with Crippen molar-refractivity contribution in [3.05, 3.63) is 46.5 Å². The lowest BCUT2D eigenvalue weighted by atomic mass is 10.1. The van der Waals surface area contributed by atoms with Crippen molar-refractivity contribution in [2.24, 2.45) is 0 Å². The van der Waals surface area contributed by atoms with Crippen molar-refractivity contribution in [2.75, 3.05) is 0 Å². The summed E-state index contributed by atoms with van der Waals surface area (Å²) in [4.78, 5) is 22.9. The molecule has 0 bridgehead atoms. The highest BCUT2D eigenvalue weighted by Crippen LogP contribution is 2.27. The van der Waals surface area contributed by atoms with Crippen LogP contribution in [0.25, 0.3) is 0 Å². The number of esters is 1. The Bertz CT molecular complexity index is 479. The first-order valence-electron chi connectivity index (χ1n) is 4.77. The van der Waals surface area contributed by atoms with Crippen LogP contribution in [0.3, 0.4) is 0 Å². The number of ketones is 1. The summed E-state index contributed by atoms with van der Waals surface area (Å²) in [6.45, 7) is 3.30. The Morgan fingerprint density at radius 2 is 2.31 bits per heavy atom. The molecule has 0 amide bonds. The molecule has 1 aromatic carbocycles. The third-order valence-corrected chi connectivity index (χ3v) is 2.95. The molecular formula is C12H9BrO3. The van der Waals surface area contributed by atoms with Crippen LogP contribution >= 0.6 is 15.9 Å². The maximum Gasteiger partial charge on any atom is 0.330 e. The van der Waals surface area contributed by atoms with Gasteiger partial charge in [0.1, 0.15) is 0 Å². The van der Waals surface area contributed by atoms with Gasteiger partial charge in [-0.2, -0.15) is 0 Å². The van der Waals surface area contributed by atoms with Gasteiger partial charge in [0, 0.05) is 22.5 Å². The van der Waals surface area contributed by atoms with E-state index in [9.17, 15) is 9.59 Å². The second kappa shape index (κ2) is 4.22. The second-order valence-corrected chi connectivity index (χ2v) is 4.42. The molecule has 0 saturated carbocycles. The van der Waals surface area contributed by atoms with E-state index >= 15 is 0 Å². The zero-order valence-corrected chi connectivity index (χ0v) is 9.99. The Labute approximate surface area is 101 Å². The van der Waals surface area contributed by atoms with Gasteiger partial charge >= 0.3 is 5.97 Å². The van der Waals surface area contributed by atoms with E-state index in [1.54, 1.807) is 12.1 Å². The molecule has 0 saturated heterocycles. The average Bonchev–Trinajstić information content (AvgIpc) is 2.55. The van der Waals surface area contributed by atoms with Crippen LogP contribution in [-0.4, -0.2) is 17.9 Å². The minimum Gasteiger partial charge on any atom is -0.450 e. The molecular weight excluding hydrogens is 272 g/mol. The van der Waals surface area contributed by atoms with Gasteiger partial charge in [-0.15, -0.1) is 0 Å². The van der Waals surface area contributed by atoms with Crippen LogP contribution in [-0.2, 0) is 16.0 Å². The van der Waals surface area contributed by atoms with Crippen LogP contribution in [0.1, 0.15) is 15.9 Å². The van der Waals surface area contributed by atoms with Gasteiger partial charge in [-0.25, -0.2) is 4.79 Å². The van der Waals surface area contributed by atoms with E-state index in [1.807, 2.05) is 6.07 Å². The van der Waals surface area contributed by atoms with Crippen molar-refractivity contribution in [1.82, 2.24) is 0 Å². The second-order valence-electron chi connectivity index (χ2n) is 3.50. The number of benzene rings is 1. The largest absolute Gasteiger partial charge is 0.450 e. The molecule has 0 heterocycles. The number of fused-ring (bicyclic) bond motifs is 1. The smallest absolute Gasteiger partial charge is 0.330 e. The first-order valence-corrected chi connectivity index (χ1v) is 5.57. The van der Waals surface area contributed by atoms with E-state index in [2.05, 4.69) is 22.5 Å². The molecule has 2 rings (SSSR count). The maximum absolute atomic E-state index is 11.8. The van der Waals surface area contributed by atoms with Crippen molar-refractivity contribution >= 4 is 27.7 Å². The first kappa shape index (κ1) is 11.1. The molecule has 0 aromatic heterocycles. The lowest BCUT2D eigenvalue weighted by Gasteiger charge is -2.07. The molecule has 0 spiro atoms.